The molecule has 4 amide bonds. The molecule has 0 unspecified atom stereocenters. The number of fused-ring (bicyclic) bond motifs is 1. The summed E-state index contributed by atoms with van der Waals surface area (Å²) in [5.74, 6) is -1.99. The van der Waals surface area contributed by atoms with Crippen LogP contribution in [-0.2, 0) is 29.5 Å². The van der Waals surface area contributed by atoms with E-state index in [0.29, 0.717) is 31.5 Å². The van der Waals surface area contributed by atoms with Crippen LogP contribution in [0.4, 0.5) is 0 Å². The van der Waals surface area contributed by atoms with E-state index in [1.165, 1.54) is 0 Å². The first-order valence-corrected chi connectivity index (χ1v) is 13.2. The average molecular weight is 511 g/mol. The lowest BCUT2D eigenvalue weighted by Gasteiger charge is -2.36. The Morgan fingerprint density at radius 3 is 2.57 bits per heavy atom. The van der Waals surface area contributed by atoms with E-state index in [2.05, 4.69) is 16.0 Å². The summed E-state index contributed by atoms with van der Waals surface area (Å²) < 4.78 is 0. The standard InChI is InChI=1S/C27H34N4O6/c32-15-21(33)20(13-16-10-12-28-24(16)35)29-25(36)23-19-8-4-5-17(19)14-31(23)26(37)27(11-9-22(34)30-27)18-6-2-1-3-7-18/h1-3,6-7,16-17,19-20,23,32H,4-5,8-15H2,(H,28,35)(H,29,36)(H,30,34)/t16-,17+,19+,20-,23-,27+/m0/s1. The minimum atomic E-state index is -1.24. The second-order valence-corrected chi connectivity index (χ2v) is 10.8. The highest BCUT2D eigenvalue weighted by Gasteiger charge is 2.56. The summed E-state index contributed by atoms with van der Waals surface area (Å²) in [6, 6.07) is 7.32. The number of likely N-dealkylation sites (tertiary alicyclic amines) is 1. The minimum Gasteiger partial charge on any atom is -0.389 e. The average Bonchev–Trinajstić information content (AvgIpc) is 3.68. The number of hydrogen-bond donors (Lipinski definition) is 4. The minimum absolute atomic E-state index is 0.0477. The molecular weight excluding hydrogens is 476 g/mol. The maximum atomic E-state index is 14.2. The first-order chi connectivity index (χ1) is 17.8. The number of rotatable bonds is 8. The molecule has 3 saturated heterocycles. The van der Waals surface area contributed by atoms with Crippen LogP contribution in [0.1, 0.15) is 50.5 Å². The highest BCUT2D eigenvalue weighted by molar-refractivity contribution is 5.99. The van der Waals surface area contributed by atoms with Crippen LogP contribution in [-0.4, -0.2) is 71.2 Å². The van der Waals surface area contributed by atoms with Crippen molar-refractivity contribution in [2.45, 2.75) is 62.6 Å². The van der Waals surface area contributed by atoms with Crippen LogP contribution in [0.2, 0.25) is 0 Å². The largest absolute Gasteiger partial charge is 0.389 e. The van der Waals surface area contributed by atoms with Crippen molar-refractivity contribution >= 4 is 29.4 Å². The Morgan fingerprint density at radius 2 is 1.92 bits per heavy atom. The van der Waals surface area contributed by atoms with Crippen molar-refractivity contribution in [2.75, 3.05) is 19.7 Å². The number of aliphatic hydroxyl groups is 1. The fourth-order valence-corrected chi connectivity index (χ4v) is 6.78. The second-order valence-electron chi connectivity index (χ2n) is 10.8. The number of amides is 4. The molecule has 3 aliphatic heterocycles. The van der Waals surface area contributed by atoms with Crippen molar-refractivity contribution in [2.24, 2.45) is 17.8 Å². The van der Waals surface area contributed by atoms with Crippen molar-refractivity contribution in [1.29, 1.82) is 0 Å². The molecule has 5 rings (SSSR count). The van der Waals surface area contributed by atoms with Crippen LogP contribution in [0, 0.1) is 17.8 Å². The van der Waals surface area contributed by atoms with Crippen LogP contribution in [0.15, 0.2) is 30.3 Å². The van der Waals surface area contributed by atoms with Gasteiger partial charge in [0.1, 0.15) is 18.2 Å². The molecule has 1 saturated carbocycles. The van der Waals surface area contributed by atoms with Gasteiger partial charge in [0, 0.05) is 25.4 Å². The number of nitrogens with zero attached hydrogens (tertiary/aromatic N) is 1. The molecule has 0 aromatic heterocycles. The van der Waals surface area contributed by atoms with Crippen LogP contribution in [0.3, 0.4) is 0 Å². The van der Waals surface area contributed by atoms with Gasteiger partial charge in [0.05, 0.1) is 6.04 Å². The van der Waals surface area contributed by atoms with E-state index >= 15 is 0 Å². The smallest absolute Gasteiger partial charge is 0.253 e. The molecule has 4 aliphatic rings. The molecule has 1 aromatic carbocycles. The summed E-state index contributed by atoms with van der Waals surface area (Å²) >= 11 is 0. The number of ketones is 1. The number of benzene rings is 1. The highest BCUT2D eigenvalue weighted by atomic mass is 16.3. The molecule has 4 N–H and O–H groups in total. The third kappa shape index (κ3) is 4.63. The van der Waals surface area contributed by atoms with E-state index in [9.17, 15) is 29.1 Å². The first kappa shape index (κ1) is 25.4. The molecule has 1 aliphatic carbocycles. The number of nitrogens with one attached hydrogen (secondary N) is 3. The lowest BCUT2D eigenvalue weighted by Crippen LogP contribution is -2.59. The lowest BCUT2D eigenvalue weighted by molar-refractivity contribution is -0.146. The van der Waals surface area contributed by atoms with Crippen LogP contribution in [0.5, 0.6) is 0 Å². The highest BCUT2D eigenvalue weighted by Crippen LogP contribution is 2.45. The molecule has 3 heterocycles. The van der Waals surface area contributed by atoms with E-state index < -0.39 is 41.8 Å². The van der Waals surface area contributed by atoms with Crippen LogP contribution in [0.25, 0.3) is 0 Å². The lowest BCUT2D eigenvalue weighted by atomic mass is 9.86. The quantitative estimate of drug-likeness (QED) is 0.387. The van der Waals surface area contributed by atoms with Gasteiger partial charge in [-0.05, 0) is 49.5 Å². The first-order valence-electron chi connectivity index (χ1n) is 13.2. The number of aliphatic hydroxyl groups excluding tert-OH is 1. The summed E-state index contributed by atoms with van der Waals surface area (Å²) in [4.78, 5) is 66.6. The summed E-state index contributed by atoms with van der Waals surface area (Å²) in [7, 11) is 0. The van der Waals surface area contributed by atoms with E-state index in [0.717, 1.165) is 19.3 Å². The molecule has 1 aromatic rings. The van der Waals surface area contributed by atoms with Gasteiger partial charge in [0.25, 0.3) is 5.91 Å². The molecule has 0 radical (unpaired) electrons. The van der Waals surface area contributed by atoms with Gasteiger partial charge in [0.2, 0.25) is 17.7 Å². The van der Waals surface area contributed by atoms with Crippen molar-refractivity contribution in [3.8, 4) is 0 Å². The molecule has 6 atom stereocenters. The zero-order valence-electron chi connectivity index (χ0n) is 20.8. The number of carbonyl (C=O) groups excluding carboxylic acids is 5. The van der Waals surface area contributed by atoms with Gasteiger partial charge in [-0.25, -0.2) is 0 Å². The fraction of sp³-hybridized carbons (Fsp3) is 0.593. The van der Waals surface area contributed by atoms with E-state index in [4.69, 9.17) is 0 Å². The van der Waals surface area contributed by atoms with Crippen molar-refractivity contribution in [3.05, 3.63) is 35.9 Å². The zero-order chi connectivity index (χ0) is 26.2. The number of hydrogen-bond acceptors (Lipinski definition) is 6. The normalized spacial score (nSPS) is 31.5. The van der Waals surface area contributed by atoms with Gasteiger partial charge in [-0.2, -0.15) is 0 Å². The van der Waals surface area contributed by atoms with Crippen LogP contribution < -0.4 is 16.0 Å². The van der Waals surface area contributed by atoms with Gasteiger partial charge >= 0.3 is 0 Å². The molecule has 198 valence electrons. The Morgan fingerprint density at radius 1 is 1.14 bits per heavy atom. The summed E-state index contributed by atoms with van der Waals surface area (Å²) in [5, 5.41) is 18.0. The number of Topliss-reactive ketones (excluding diaryl/α,β-unsaturated/α-hetero) is 1. The Labute approximate surface area is 215 Å². The maximum Gasteiger partial charge on any atom is 0.253 e. The summed E-state index contributed by atoms with van der Waals surface area (Å²) in [6.45, 7) is 0.177. The monoisotopic (exact) mass is 510 g/mol. The molecule has 0 bridgehead atoms. The van der Waals surface area contributed by atoms with Crippen molar-refractivity contribution < 1.29 is 29.1 Å². The molecule has 10 nitrogen and oxygen atoms in total. The maximum absolute atomic E-state index is 14.2. The Balaban J connectivity index is 1.42. The Bertz CT molecular complexity index is 1090. The predicted molar refractivity (Wildman–Crippen MR) is 132 cm³/mol. The summed E-state index contributed by atoms with van der Waals surface area (Å²) in [5.41, 5.74) is -0.555. The molecular formula is C27H34N4O6. The second kappa shape index (κ2) is 10.2. The van der Waals surface area contributed by atoms with Gasteiger partial charge in [-0.15, -0.1) is 0 Å². The topological polar surface area (TPSA) is 145 Å². The third-order valence-corrected chi connectivity index (χ3v) is 8.68. The van der Waals surface area contributed by atoms with Gasteiger partial charge in [-0.3, -0.25) is 24.0 Å². The van der Waals surface area contributed by atoms with E-state index in [1.807, 2.05) is 30.3 Å². The Hall–Kier alpha value is -3.27. The SMILES string of the molecule is O=C1CC[C@](C(=O)N2C[C@H]3CCC[C@H]3[C@H]2C(=O)N[C@@H](C[C@@H]2CCNC2=O)C(=O)CO)(c2ccccc2)N1. The molecule has 4 fully saturated rings. The van der Waals surface area contributed by atoms with Gasteiger partial charge < -0.3 is 26.0 Å². The van der Waals surface area contributed by atoms with E-state index in [1.54, 1.807) is 4.90 Å². The van der Waals surface area contributed by atoms with E-state index in [-0.39, 0.29) is 42.4 Å². The fourth-order valence-electron chi connectivity index (χ4n) is 6.78. The molecule has 0 spiro atoms. The van der Waals surface area contributed by atoms with Crippen LogP contribution >= 0.6 is 0 Å². The molecule has 10 heteroatoms. The summed E-state index contributed by atoms with van der Waals surface area (Å²) in [6.07, 6.45) is 3.84. The van der Waals surface area contributed by atoms with Crippen molar-refractivity contribution in [1.82, 2.24) is 20.9 Å². The Kier molecular flexibility index (Phi) is 7.02. The van der Waals surface area contributed by atoms with Gasteiger partial charge in [0.15, 0.2) is 5.78 Å². The third-order valence-electron chi connectivity index (χ3n) is 8.68. The number of carbonyl (C=O) groups is 5. The van der Waals surface area contributed by atoms with Gasteiger partial charge in [-0.1, -0.05) is 36.8 Å². The van der Waals surface area contributed by atoms with Crippen molar-refractivity contribution in [3.63, 3.8) is 0 Å². The predicted octanol–water partition coefficient (Wildman–Crippen LogP) is -0.00860. The zero-order valence-corrected chi connectivity index (χ0v) is 20.8. The molecule has 37 heavy (non-hydrogen) atoms.